The maximum absolute atomic E-state index is 13.3. The van der Waals surface area contributed by atoms with Crippen LogP contribution in [0.2, 0.25) is 0 Å². The Morgan fingerprint density at radius 2 is 1.87 bits per heavy atom. The Bertz CT molecular complexity index is 947. The Morgan fingerprint density at radius 1 is 1.10 bits per heavy atom. The van der Waals surface area contributed by atoms with E-state index in [0.717, 1.165) is 56.8 Å². The van der Waals surface area contributed by atoms with Crippen molar-refractivity contribution < 1.29 is 23.9 Å². The van der Waals surface area contributed by atoms with Crippen LogP contribution in [-0.4, -0.2) is 66.1 Å². The van der Waals surface area contributed by atoms with Gasteiger partial charge in [-0.15, -0.1) is 0 Å². The highest BCUT2D eigenvalue weighted by Gasteiger charge is 2.35. The highest BCUT2D eigenvalue weighted by molar-refractivity contribution is 5.91. The Labute approximate surface area is 233 Å². The van der Waals surface area contributed by atoms with E-state index in [0.29, 0.717) is 12.4 Å². The first-order valence-corrected chi connectivity index (χ1v) is 14.7. The van der Waals surface area contributed by atoms with E-state index in [1.165, 1.54) is 44.6 Å². The molecule has 2 atom stereocenters. The molecule has 216 valence electrons. The van der Waals surface area contributed by atoms with Gasteiger partial charge in [-0.05, 0) is 82.6 Å². The third-order valence-electron chi connectivity index (χ3n) is 7.57. The standard InChI is InChI=1S/C30H46N4O5/c1-30(2,3)38-29(36)34(25-17-18-33(22-25)21-24-10-6-4-5-7-11-24)26-15-13-23(20-31-26)14-16-27(35)32-39-28-12-8-9-19-37-28/h13-16,20,24-25,28H,4-12,17-19,21-22H2,1-3H3,(H,32,35)/t25-,28?/m1/s1. The first-order valence-electron chi connectivity index (χ1n) is 14.7. The van der Waals surface area contributed by atoms with E-state index >= 15 is 0 Å². The monoisotopic (exact) mass is 542 g/mol. The Morgan fingerprint density at radius 3 is 2.54 bits per heavy atom. The van der Waals surface area contributed by atoms with Crippen LogP contribution in [0.25, 0.3) is 6.08 Å². The van der Waals surface area contributed by atoms with Crippen molar-refractivity contribution in [3.8, 4) is 0 Å². The number of carbonyl (C=O) groups is 2. The summed E-state index contributed by atoms with van der Waals surface area (Å²) in [5.41, 5.74) is 2.56. The van der Waals surface area contributed by atoms with Crippen molar-refractivity contribution in [3.05, 3.63) is 30.0 Å². The number of rotatable bonds is 8. The van der Waals surface area contributed by atoms with Gasteiger partial charge < -0.3 is 14.4 Å². The van der Waals surface area contributed by atoms with E-state index in [9.17, 15) is 9.59 Å². The summed E-state index contributed by atoms with van der Waals surface area (Å²) in [4.78, 5) is 39.6. The van der Waals surface area contributed by atoms with E-state index in [4.69, 9.17) is 14.3 Å². The van der Waals surface area contributed by atoms with Crippen molar-refractivity contribution in [2.24, 2.45) is 5.92 Å². The summed E-state index contributed by atoms with van der Waals surface area (Å²) in [6.07, 6.45) is 15.7. The summed E-state index contributed by atoms with van der Waals surface area (Å²) in [6.45, 7) is 9.20. The van der Waals surface area contributed by atoms with Crippen LogP contribution in [0.1, 0.15) is 90.5 Å². The summed E-state index contributed by atoms with van der Waals surface area (Å²) in [7, 11) is 0. The minimum Gasteiger partial charge on any atom is -0.443 e. The molecule has 39 heavy (non-hydrogen) atoms. The zero-order valence-electron chi connectivity index (χ0n) is 23.9. The van der Waals surface area contributed by atoms with Gasteiger partial charge in [0.2, 0.25) is 0 Å². The molecule has 4 rings (SSSR count). The first-order chi connectivity index (χ1) is 18.8. The molecule has 3 aliphatic rings. The van der Waals surface area contributed by atoms with E-state index in [-0.39, 0.29) is 18.0 Å². The summed E-state index contributed by atoms with van der Waals surface area (Å²) in [6, 6.07) is 3.68. The molecule has 0 radical (unpaired) electrons. The molecular formula is C30H46N4O5. The molecule has 0 bridgehead atoms. The third-order valence-corrected chi connectivity index (χ3v) is 7.57. The molecule has 1 N–H and O–H groups in total. The number of ether oxygens (including phenoxy) is 2. The van der Waals surface area contributed by atoms with Crippen LogP contribution in [-0.2, 0) is 19.1 Å². The fourth-order valence-corrected chi connectivity index (χ4v) is 5.61. The smallest absolute Gasteiger partial charge is 0.416 e. The second-order valence-electron chi connectivity index (χ2n) is 12.1. The number of anilines is 1. The molecule has 3 heterocycles. The summed E-state index contributed by atoms with van der Waals surface area (Å²) < 4.78 is 11.2. The predicted octanol–water partition coefficient (Wildman–Crippen LogP) is 5.46. The molecular weight excluding hydrogens is 496 g/mol. The van der Waals surface area contributed by atoms with Crippen LogP contribution in [0.15, 0.2) is 24.4 Å². The number of likely N-dealkylation sites (tertiary alicyclic amines) is 1. The topological polar surface area (TPSA) is 93.2 Å². The van der Waals surface area contributed by atoms with Gasteiger partial charge in [0, 0.05) is 44.9 Å². The Hall–Kier alpha value is -2.49. The number of hydrogen-bond donors (Lipinski definition) is 1. The molecule has 9 heteroatoms. The zero-order chi connectivity index (χ0) is 27.7. The third kappa shape index (κ3) is 9.58. The van der Waals surface area contributed by atoms with Gasteiger partial charge in [-0.2, -0.15) is 0 Å². The molecule has 2 amide bonds. The van der Waals surface area contributed by atoms with Gasteiger partial charge in [-0.3, -0.25) is 9.69 Å². The van der Waals surface area contributed by atoms with E-state index in [2.05, 4.69) is 15.4 Å². The van der Waals surface area contributed by atoms with Crippen molar-refractivity contribution >= 4 is 23.9 Å². The van der Waals surface area contributed by atoms with Crippen LogP contribution < -0.4 is 10.4 Å². The van der Waals surface area contributed by atoms with Crippen molar-refractivity contribution in [1.29, 1.82) is 0 Å². The summed E-state index contributed by atoms with van der Waals surface area (Å²) in [5, 5.41) is 0. The van der Waals surface area contributed by atoms with Gasteiger partial charge in [0.05, 0.1) is 6.04 Å². The van der Waals surface area contributed by atoms with E-state index < -0.39 is 11.9 Å². The lowest BCUT2D eigenvalue weighted by atomic mass is 10.00. The van der Waals surface area contributed by atoms with Gasteiger partial charge in [-0.25, -0.2) is 20.1 Å². The lowest BCUT2D eigenvalue weighted by Gasteiger charge is -2.31. The maximum atomic E-state index is 13.3. The number of carbonyl (C=O) groups excluding carboxylic acids is 2. The minimum atomic E-state index is -0.602. The van der Waals surface area contributed by atoms with Crippen LogP contribution in [0.5, 0.6) is 0 Å². The molecule has 1 unspecified atom stereocenters. The quantitative estimate of drug-likeness (QED) is 0.265. The Balaban J connectivity index is 1.37. The number of hydrogen-bond acceptors (Lipinski definition) is 7. The second-order valence-corrected chi connectivity index (χ2v) is 12.1. The molecule has 1 aromatic rings. The lowest BCUT2D eigenvalue weighted by molar-refractivity contribution is -0.198. The van der Waals surface area contributed by atoms with Gasteiger partial charge in [0.15, 0.2) is 6.29 Å². The van der Waals surface area contributed by atoms with Crippen LogP contribution >= 0.6 is 0 Å². The largest absolute Gasteiger partial charge is 0.443 e. The molecule has 0 aromatic carbocycles. The fraction of sp³-hybridized carbons (Fsp3) is 0.700. The Kier molecular flexibility index (Phi) is 10.8. The van der Waals surface area contributed by atoms with Gasteiger partial charge in [-0.1, -0.05) is 25.7 Å². The van der Waals surface area contributed by atoms with Crippen molar-refractivity contribution in [2.45, 2.75) is 103 Å². The molecule has 2 aliphatic heterocycles. The van der Waals surface area contributed by atoms with Crippen LogP contribution in [0, 0.1) is 5.92 Å². The van der Waals surface area contributed by atoms with Gasteiger partial charge in [0.25, 0.3) is 5.91 Å². The van der Waals surface area contributed by atoms with Crippen LogP contribution in [0.4, 0.5) is 10.6 Å². The molecule has 9 nitrogen and oxygen atoms in total. The predicted molar refractivity (Wildman–Crippen MR) is 151 cm³/mol. The zero-order valence-corrected chi connectivity index (χ0v) is 23.9. The maximum Gasteiger partial charge on any atom is 0.416 e. The first kappa shape index (κ1) is 29.5. The highest BCUT2D eigenvalue weighted by atomic mass is 16.8. The summed E-state index contributed by atoms with van der Waals surface area (Å²) >= 11 is 0. The van der Waals surface area contributed by atoms with Crippen LogP contribution in [0.3, 0.4) is 0 Å². The van der Waals surface area contributed by atoms with Gasteiger partial charge >= 0.3 is 6.09 Å². The molecule has 1 aliphatic carbocycles. The summed E-state index contributed by atoms with van der Waals surface area (Å²) in [5.74, 6) is 0.941. The number of nitrogens with zero attached hydrogens (tertiary/aromatic N) is 3. The number of amides is 2. The number of aromatic nitrogens is 1. The number of hydroxylamine groups is 1. The average molecular weight is 543 g/mol. The molecule has 1 saturated carbocycles. The van der Waals surface area contributed by atoms with Crippen molar-refractivity contribution in [2.75, 3.05) is 31.1 Å². The molecule has 0 spiro atoms. The van der Waals surface area contributed by atoms with Gasteiger partial charge in [0.1, 0.15) is 11.4 Å². The lowest BCUT2D eigenvalue weighted by Crippen LogP contribution is -2.45. The van der Waals surface area contributed by atoms with Crippen molar-refractivity contribution in [1.82, 2.24) is 15.4 Å². The van der Waals surface area contributed by atoms with E-state index in [1.54, 1.807) is 17.2 Å². The second kappa shape index (κ2) is 14.2. The number of nitrogens with one attached hydrogen (secondary N) is 1. The SMILES string of the molecule is CC(C)(C)OC(=O)N(c1ccc(C=CC(=O)NOC2CCCCO2)cn1)[C@@H]1CCN(CC2CCCCCC2)C1. The average Bonchev–Trinajstić information content (AvgIpc) is 3.19. The normalized spacial score (nSPS) is 23.5. The van der Waals surface area contributed by atoms with E-state index in [1.807, 2.05) is 32.9 Å². The number of pyridine rings is 1. The fourth-order valence-electron chi connectivity index (χ4n) is 5.61. The highest BCUT2D eigenvalue weighted by Crippen LogP contribution is 2.28. The minimum absolute atomic E-state index is 0.00412. The van der Waals surface area contributed by atoms with Crippen molar-refractivity contribution in [3.63, 3.8) is 0 Å². The molecule has 1 aromatic heterocycles. The molecule has 2 saturated heterocycles. The molecule has 3 fully saturated rings.